The molecule has 3 rings (SSSR count). The van der Waals surface area contributed by atoms with Crippen molar-refractivity contribution in [1.29, 1.82) is 0 Å². The lowest BCUT2D eigenvalue weighted by molar-refractivity contribution is 0.262. The van der Waals surface area contributed by atoms with Crippen LogP contribution in [0.15, 0.2) is 78.9 Å². The predicted molar refractivity (Wildman–Crippen MR) is 135 cm³/mol. The van der Waals surface area contributed by atoms with E-state index in [2.05, 4.69) is 10.6 Å². The number of amides is 2. The molecule has 11 heteroatoms. The summed E-state index contributed by atoms with van der Waals surface area (Å²) in [7, 11) is -7.62. The van der Waals surface area contributed by atoms with E-state index >= 15 is 0 Å². The van der Waals surface area contributed by atoms with Crippen LogP contribution in [-0.2, 0) is 26.0 Å². The van der Waals surface area contributed by atoms with Gasteiger partial charge in [-0.05, 0) is 36.2 Å². The lowest BCUT2D eigenvalue weighted by Crippen LogP contribution is -2.19. The summed E-state index contributed by atoms with van der Waals surface area (Å²) in [4.78, 5) is 12.4. The number of nitrogens with one attached hydrogen (secondary N) is 2. The number of unbranched alkanes of at least 4 members (excludes halogenated alkanes) is 1. The highest BCUT2D eigenvalue weighted by Gasteiger charge is 2.15. The van der Waals surface area contributed by atoms with Gasteiger partial charge in [-0.1, -0.05) is 55.8 Å². The molecule has 0 aliphatic rings. The third kappa shape index (κ3) is 8.95. The number of carbonyl (C=O) groups is 1. The van der Waals surface area contributed by atoms with Crippen molar-refractivity contribution in [1.82, 2.24) is 0 Å². The van der Waals surface area contributed by atoms with Gasteiger partial charge >= 0.3 is 26.3 Å². The summed E-state index contributed by atoms with van der Waals surface area (Å²) in [6.07, 6.45) is 1.20. The maximum absolute atomic E-state index is 12.4. The molecule has 0 aliphatic heterocycles. The maximum atomic E-state index is 12.4. The summed E-state index contributed by atoms with van der Waals surface area (Å²) in [5, 5.41) is 5.15. The molecule has 9 nitrogen and oxygen atoms in total. The fourth-order valence-electron chi connectivity index (χ4n) is 3.01. The minimum Gasteiger partial charge on any atom is -0.382 e. The second-order valence-corrected chi connectivity index (χ2v) is 10.9. The molecule has 0 saturated carbocycles. The van der Waals surface area contributed by atoms with Crippen molar-refractivity contribution in [3.63, 3.8) is 0 Å². The highest BCUT2D eigenvalue weighted by Crippen LogP contribution is 2.22. The summed E-state index contributed by atoms with van der Waals surface area (Å²) in [5.74, 6) is -0.260. The minimum absolute atomic E-state index is 0.0476. The third-order valence-corrected chi connectivity index (χ3v) is 6.93. The molecule has 0 heterocycles. The van der Waals surface area contributed by atoms with Crippen LogP contribution in [0.4, 0.5) is 16.2 Å². The van der Waals surface area contributed by atoms with E-state index in [0.29, 0.717) is 23.4 Å². The third-order valence-electron chi connectivity index (χ3n) is 4.56. The van der Waals surface area contributed by atoms with Crippen LogP contribution in [0.3, 0.4) is 0 Å². The SMILES string of the molecule is CCCCS(=O)(=O)Oc1cccc(NC(=O)Nc2cccc(OS(=O)(=O)Cc3ccccc3)c2)c1. The Balaban J connectivity index is 1.60. The molecule has 0 radical (unpaired) electrons. The molecule has 0 fully saturated rings. The van der Waals surface area contributed by atoms with Crippen molar-refractivity contribution in [2.24, 2.45) is 0 Å². The summed E-state index contributed by atoms with van der Waals surface area (Å²) in [6, 6.07) is 19.9. The highest BCUT2D eigenvalue weighted by atomic mass is 32.2. The number of hydrogen-bond donors (Lipinski definition) is 2. The molecule has 186 valence electrons. The van der Waals surface area contributed by atoms with E-state index in [4.69, 9.17) is 8.37 Å². The molecule has 0 unspecified atom stereocenters. The standard InChI is InChI=1S/C24H26N2O7S2/c1-2-3-15-34(28,29)32-22-13-7-11-20(16-22)25-24(27)26-21-12-8-14-23(17-21)33-35(30,31)18-19-9-5-4-6-10-19/h4-14,16-17H,2-3,15,18H2,1H3,(H2,25,26,27). The lowest BCUT2D eigenvalue weighted by Gasteiger charge is -2.11. The van der Waals surface area contributed by atoms with Gasteiger partial charge in [-0.3, -0.25) is 0 Å². The largest absolute Gasteiger partial charge is 0.382 e. The van der Waals surface area contributed by atoms with Gasteiger partial charge < -0.3 is 19.0 Å². The number of rotatable bonds is 11. The van der Waals surface area contributed by atoms with Crippen LogP contribution in [0, 0.1) is 0 Å². The molecule has 2 amide bonds. The first-order chi connectivity index (χ1) is 16.6. The minimum atomic E-state index is -3.90. The number of benzene rings is 3. The fourth-order valence-corrected chi connectivity index (χ4v) is 5.19. The van der Waals surface area contributed by atoms with Crippen LogP contribution in [0.25, 0.3) is 0 Å². The molecule has 0 saturated heterocycles. The van der Waals surface area contributed by atoms with Crippen LogP contribution >= 0.6 is 0 Å². The molecule has 0 spiro atoms. The monoisotopic (exact) mass is 518 g/mol. The molecule has 35 heavy (non-hydrogen) atoms. The van der Waals surface area contributed by atoms with Crippen LogP contribution in [0.1, 0.15) is 25.3 Å². The Morgan fingerprint density at radius 2 is 1.29 bits per heavy atom. The molecule has 0 aromatic heterocycles. The number of anilines is 2. The number of hydrogen-bond acceptors (Lipinski definition) is 7. The van der Waals surface area contributed by atoms with Gasteiger partial charge in [0.05, 0.1) is 5.75 Å². The Bertz CT molecular complexity index is 1360. The van der Waals surface area contributed by atoms with Gasteiger partial charge in [0.2, 0.25) is 0 Å². The summed E-state index contributed by atoms with van der Waals surface area (Å²) >= 11 is 0. The topological polar surface area (TPSA) is 128 Å². The van der Waals surface area contributed by atoms with Gasteiger partial charge in [-0.15, -0.1) is 0 Å². The first-order valence-corrected chi connectivity index (χ1v) is 14.0. The Morgan fingerprint density at radius 3 is 1.83 bits per heavy atom. The Labute approximate surface area is 205 Å². The fraction of sp³-hybridized carbons (Fsp3) is 0.208. The summed E-state index contributed by atoms with van der Waals surface area (Å²) in [6.45, 7) is 1.88. The van der Waals surface area contributed by atoms with E-state index in [-0.39, 0.29) is 23.0 Å². The predicted octanol–water partition coefficient (Wildman–Crippen LogP) is 4.75. The van der Waals surface area contributed by atoms with Crippen LogP contribution in [0.5, 0.6) is 11.5 Å². The molecular weight excluding hydrogens is 492 g/mol. The van der Waals surface area contributed by atoms with Gasteiger partial charge in [-0.25, -0.2) is 4.79 Å². The number of carbonyl (C=O) groups excluding carboxylic acids is 1. The van der Waals surface area contributed by atoms with E-state index in [1.165, 1.54) is 24.3 Å². The quantitative estimate of drug-likeness (QED) is 0.351. The van der Waals surface area contributed by atoms with E-state index in [1.54, 1.807) is 54.6 Å². The average Bonchev–Trinajstić information content (AvgIpc) is 2.78. The van der Waals surface area contributed by atoms with Crippen molar-refractivity contribution in [3.05, 3.63) is 84.4 Å². The zero-order valence-electron chi connectivity index (χ0n) is 19.0. The van der Waals surface area contributed by atoms with Crippen molar-refractivity contribution >= 4 is 37.6 Å². The van der Waals surface area contributed by atoms with Gasteiger partial charge in [0.25, 0.3) is 0 Å². The van der Waals surface area contributed by atoms with Crippen LogP contribution < -0.4 is 19.0 Å². The van der Waals surface area contributed by atoms with E-state index in [0.717, 1.165) is 6.42 Å². The summed E-state index contributed by atoms with van der Waals surface area (Å²) in [5.41, 5.74) is 1.19. The second-order valence-electron chi connectivity index (χ2n) is 7.60. The zero-order valence-corrected chi connectivity index (χ0v) is 20.6. The van der Waals surface area contributed by atoms with Crippen LogP contribution in [0.2, 0.25) is 0 Å². The van der Waals surface area contributed by atoms with E-state index < -0.39 is 26.3 Å². The Morgan fingerprint density at radius 1 is 0.743 bits per heavy atom. The van der Waals surface area contributed by atoms with Crippen molar-refractivity contribution in [2.75, 3.05) is 16.4 Å². The molecule has 3 aromatic rings. The smallest absolute Gasteiger partial charge is 0.323 e. The first kappa shape index (κ1) is 26.0. The van der Waals surface area contributed by atoms with Crippen molar-refractivity contribution in [2.45, 2.75) is 25.5 Å². The molecule has 0 atom stereocenters. The van der Waals surface area contributed by atoms with Gasteiger partial charge in [0.1, 0.15) is 17.3 Å². The van der Waals surface area contributed by atoms with Gasteiger partial charge in [-0.2, -0.15) is 16.8 Å². The summed E-state index contributed by atoms with van der Waals surface area (Å²) < 4.78 is 58.9. The molecule has 0 bridgehead atoms. The zero-order chi connectivity index (χ0) is 25.3. The lowest BCUT2D eigenvalue weighted by atomic mass is 10.2. The normalized spacial score (nSPS) is 11.5. The van der Waals surface area contributed by atoms with E-state index in [1.807, 2.05) is 6.92 Å². The average molecular weight is 519 g/mol. The highest BCUT2D eigenvalue weighted by molar-refractivity contribution is 7.87. The Kier molecular flexibility index (Phi) is 8.72. The molecule has 0 aliphatic carbocycles. The second kappa shape index (κ2) is 11.7. The van der Waals surface area contributed by atoms with Gasteiger partial charge in [0, 0.05) is 23.5 Å². The van der Waals surface area contributed by atoms with Crippen molar-refractivity contribution in [3.8, 4) is 11.5 Å². The van der Waals surface area contributed by atoms with Crippen LogP contribution in [-0.4, -0.2) is 28.6 Å². The molecule has 3 aromatic carbocycles. The number of urea groups is 1. The molecule has 2 N–H and O–H groups in total. The van der Waals surface area contributed by atoms with E-state index in [9.17, 15) is 21.6 Å². The first-order valence-electron chi connectivity index (χ1n) is 10.8. The van der Waals surface area contributed by atoms with Gasteiger partial charge in [0.15, 0.2) is 0 Å². The maximum Gasteiger partial charge on any atom is 0.323 e. The Hall–Kier alpha value is -3.57. The molecular formula is C24H26N2O7S2. The van der Waals surface area contributed by atoms with Crippen molar-refractivity contribution < 1.29 is 30.0 Å².